The Labute approximate surface area is 105 Å². The maximum Gasteiger partial charge on any atom is 0.0638 e. The van der Waals surface area contributed by atoms with E-state index in [9.17, 15) is 0 Å². The normalized spacial score (nSPS) is 31.0. The van der Waals surface area contributed by atoms with Gasteiger partial charge in [0.25, 0.3) is 0 Å². The van der Waals surface area contributed by atoms with Crippen LogP contribution in [0.3, 0.4) is 0 Å². The molecule has 1 saturated carbocycles. The summed E-state index contributed by atoms with van der Waals surface area (Å²) in [6, 6.07) is 3.43. The second kappa shape index (κ2) is 5.37. The average molecular weight is 235 g/mol. The second-order valence-corrected chi connectivity index (χ2v) is 6.31. The molecule has 1 heterocycles. The van der Waals surface area contributed by atoms with Gasteiger partial charge in [0.1, 0.15) is 0 Å². The summed E-state index contributed by atoms with van der Waals surface area (Å²) >= 11 is 0. The third kappa shape index (κ3) is 3.43. The first kappa shape index (κ1) is 12.9. The number of nitrogens with one attached hydrogen (secondary N) is 1. The van der Waals surface area contributed by atoms with Gasteiger partial charge in [0, 0.05) is 30.7 Å². The van der Waals surface area contributed by atoms with Crippen molar-refractivity contribution in [3.8, 4) is 6.07 Å². The number of rotatable bonds is 2. The fourth-order valence-corrected chi connectivity index (χ4v) is 3.45. The van der Waals surface area contributed by atoms with Gasteiger partial charge in [-0.25, -0.2) is 0 Å². The monoisotopic (exact) mass is 235 g/mol. The zero-order valence-corrected chi connectivity index (χ0v) is 11.2. The summed E-state index contributed by atoms with van der Waals surface area (Å²) in [4.78, 5) is 2.64. The molecule has 0 aromatic rings. The Kier molecular flexibility index (Phi) is 4.06. The Bertz CT molecular complexity index is 286. The smallest absolute Gasteiger partial charge is 0.0638 e. The van der Waals surface area contributed by atoms with Gasteiger partial charge in [0.05, 0.1) is 12.5 Å². The predicted molar refractivity (Wildman–Crippen MR) is 69.7 cm³/mol. The highest BCUT2D eigenvalue weighted by Gasteiger charge is 2.35. The lowest BCUT2D eigenvalue weighted by Gasteiger charge is -2.47. The third-order valence-corrected chi connectivity index (χ3v) is 4.08. The van der Waals surface area contributed by atoms with Gasteiger partial charge in [-0.15, -0.1) is 0 Å². The van der Waals surface area contributed by atoms with Gasteiger partial charge in [-0.2, -0.15) is 5.26 Å². The summed E-state index contributed by atoms with van der Waals surface area (Å²) in [5.41, 5.74) is 0.150. The van der Waals surface area contributed by atoms with Gasteiger partial charge in [0.15, 0.2) is 0 Å². The van der Waals surface area contributed by atoms with Gasteiger partial charge in [0.2, 0.25) is 0 Å². The molecule has 0 spiro atoms. The van der Waals surface area contributed by atoms with Crippen LogP contribution in [-0.2, 0) is 0 Å². The molecular formula is C14H25N3. The minimum atomic E-state index is 0.150. The number of piperazine rings is 1. The minimum Gasteiger partial charge on any atom is -0.305 e. The lowest BCUT2D eigenvalue weighted by atomic mass is 9.90. The molecule has 1 N–H and O–H groups in total. The molecule has 0 aromatic heterocycles. The zero-order valence-electron chi connectivity index (χ0n) is 11.2. The SMILES string of the molecule is CC1(C)CN(C2CCCCC2)CC(CC#N)N1. The Morgan fingerprint density at radius 1 is 1.29 bits per heavy atom. The summed E-state index contributed by atoms with van der Waals surface area (Å²) in [7, 11) is 0. The van der Waals surface area contributed by atoms with E-state index in [2.05, 4.69) is 30.1 Å². The van der Waals surface area contributed by atoms with E-state index in [0.717, 1.165) is 19.1 Å². The van der Waals surface area contributed by atoms with Gasteiger partial charge < -0.3 is 5.32 Å². The second-order valence-electron chi connectivity index (χ2n) is 6.31. The number of nitriles is 1. The van der Waals surface area contributed by atoms with Crippen molar-refractivity contribution >= 4 is 0 Å². The van der Waals surface area contributed by atoms with Crippen LogP contribution in [0.5, 0.6) is 0 Å². The Balaban J connectivity index is 1.98. The first-order chi connectivity index (χ1) is 8.11. The highest BCUT2D eigenvalue weighted by Crippen LogP contribution is 2.26. The minimum absolute atomic E-state index is 0.150. The molecule has 3 heteroatoms. The van der Waals surface area contributed by atoms with Crippen LogP contribution < -0.4 is 5.32 Å². The van der Waals surface area contributed by atoms with E-state index in [4.69, 9.17) is 5.26 Å². The molecular weight excluding hydrogens is 210 g/mol. The molecule has 3 nitrogen and oxygen atoms in total. The summed E-state index contributed by atoms with van der Waals surface area (Å²) in [6.45, 7) is 6.69. The van der Waals surface area contributed by atoms with E-state index in [1.807, 2.05) is 0 Å². The molecule has 2 rings (SSSR count). The lowest BCUT2D eigenvalue weighted by Crippen LogP contribution is -2.63. The van der Waals surface area contributed by atoms with Crippen LogP contribution in [0.15, 0.2) is 0 Å². The van der Waals surface area contributed by atoms with Crippen LogP contribution in [0.25, 0.3) is 0 Å². The number of nitrogens with zero attached hydrogens (tertiary/aromatic N) is 2. The third-order valence-electron chi connectivity index (χ3n) is 4.08. The first-order valence-corrected chi connectivity index (χ1v) is 6.99. The highest BCUT2D eigenvalue weighted by molar-refractivity contribution is 4.97. The molecule has 1 saturated heterocycles. The van der Waals surface area contributed by atoms with Crippen molar-refractivity contribution in [2.45, 2.75) is 70.0 Å². The molecule has 0 amide bonds. The van der Waals surface area contributed by atoms with Gasteiger partial charge >= 0.3 is 0 Å². The standard InChI is InChI=1S/C14H25N3/c1-14(2)11-17(10-12(16-14)8-9-15)13-6-4-3-5-7-13/h12-13,16H,3-8,10-11H2,1-2H3. The maximum absolute atomic E-state index is 8.88. The molecule has 96 valence electrons. The van der Waals surface area contributed by atoms with E-state index in [1.165, 1.54) is 32.1 Å². The van der Waals surface area contributed by atoms with E-state index >= 15 is 0 Å². The molecule has 2 fully saturated rings. The van der Waals surface area contributed by atoms with Crippen molar-refractivity contribution in [1.82, 2.24) is 10.2 Å². The molecule has 2 aliphatic rings. The fourth-order valence-electron chi connectivity index (χ4n) is 3.45. The van der Waals surface area contributed by atoms with Crippen LogP contribution in [0.2, 0.25) is 0 Å². The highest BCUT2D eigenvalue weighted by atomic mass is 15.3. The predicted octanol–water partition coefficient (Wildman–Crippen LogP) is 2.29. The van der Waals surface area contributed by atoms with Crippen molar-refractivity contribution in [1.29, 1.82) is 5.26 Å². The average Bonchev–Trinajstić information content (AvgIpc) is 2.28. The van der Waals surface area contributed by atoms with Crippen molar-refractivity contribution < 1.29 is 0 Å². The van der Waals surface area contributed by atoms with Crippen molar-refractivity contribution in [3.05, 3.63) is 0 Å². The summed E-state index contributed by atoms with van der Waals surface area (Å²) in [5, 5.41) is 12.5. The fraction of sp³-hybridized carbons (Fsp3) is 0.929. The summed E-state index contributed by atoms with van der Waals surface area (Å²) in [6.07, 6.45) is 7.53. The first-order valence-electron chi connectivity index (χ1n) is 6.99. The summed E-state index contributed by atoms with van der Waals surface area (Å²) in [5.74, 6) is 0. The summed E-state index contributed by atoms with van der Waals surface area (Å²) < 4.78 is 0. The van der Waals surface area contributed by atoms with Crippen LogP contribution in [0.4, 0.5) is 0 Å². The van der Waals surface area contributed by atoms with Crippen LogP contribution in [0.1, 0.15) is 52.4 Å². The molecule has 0 aromatic carbocycles. The quantitative estimate of drug-likeness (QED) is 0.798. The van der Waals surface area contributed by atoms with Crippen molar-refractivity contribution in [2.75, 3.05) is 13.1 Å². The molecule has 17 heavy (non-hydrogen) atoms. The molecule has 1 unspecified atom stereocenters. The lowest BCUT2D eigenvalue weighted by molar-refractivity contribution is 0.0627. The largest absolute Gasteiger partial charge is 0.305 e. The Hall–Kier alpha value is -0.590. The molecule has 1 atom stereocenters. The maximum atomic E-state index is 8.88. The van der Waals surface area contributed by atoms with Crippen LogP contribution in [0, 0.1) is 11.3 Å². The molecule has 1 aliphatic carbocycles. The molecule has 0 radical (unpaired) electrons. The molecule has 1 aliphatic heterocycles. The zero-order chi connectivity index (χ0) is 12.3. The number of hydrogen-bond acceptors (Lipinski definition) is 3. The Morgan fingerprint density at radius 3 is 2.65 bits per heavy atom. The van der Waals surface area contributed by atoms with Crippen LogP contribution >= 0.6 is 0 Å². The topological polar surface area (TPSA) is 39.1 Å². The van der Waals surface area contributed by atoms with E-state index in [1.54, 1.807) is 0 Å². The van der Waals surface area contributed by atoms with Gasteiger partial charge in [-0.05, 0) is 26.7 Å². The number of hydrogen-bond donors (Lipinski definition) is 1. The van der Waals surface area contributed by atoms with Crippen molar-refractivity contribution in [2.24, 2.45) is 0 Å². The molecule has 0 bridgehead atoms. The van der Waals surface area contributed by atoms with Crippen molar-refractivity contribution in [3.63, 3.8) is 0 Å². The van der Waals surface area contributed by atoms with Gasteiger partial charge in [-0.1, -0.05) is 19.3 Å². The van der Waals surface area contributed by atoms with Gasteiger partial charge in [-0.3, -0.25) is 4.90 Å². The van der Waals surface area contributed by atoms with E-state index in [-0.39, 0.29) is 5.54 Å². The Morgan fingerprint density at radius 2 is 2.00 bits per heavy atom. The van der Waals surface area contributed by atoms with E-state index < -0.39 is 0 Å². The van der Waals surface area contributed by atoms with Crippen LogP contribution in [-0.4, -0.2) is 35.6 Å². The van der Waals surface area contributed by atoms with E-state index in [0.29, 0.717) is 12.5 Å².